The Morgan fingerprint density at radius 3 is 2.64 bits per heavy atom. The summed E-state index contributed by atoms with van der Waals surface area (Å²) in [5.74, 6) is -0.679. The van der Waals surface area contributed by atoms with Gasteiger partial charge >= 0.3 is 12.1 Å². The van der Waals surface area contributed by atoms with Crippen molar-refractivity contribution in [3.05, 3.63) is 34.3 Å². The first-order valence-corrected chi connectivity index (χ1v) is 8.64. The zero-order chi connectivity index (χ0) is 16.5. The molecule has 0 aliphatic carbocycles. The average Bonchev–Trinajstić information content (AvgIpc) is 2.81. The van der Waals surface area contributed by atoms with E-state index in [0.717, 1.165) is 10.0 Å². The van der Waals surface area contributed by atoms with Crippen molar-refractivity contribution in [2.45, 2.75) is 37.8 Å². The highest BCUT2D eigenvalue weighted by molar-refractivity contribution is 9.10. The number of aliphatic carboxylic acids is 1. The molecule has 0 radical (unpaired) electrons. The van der Waals surface area contributed by atoms with Crippen LogP contribution in [0.25, 0.3) is 0 Å². The van der Waals surface area contributed by atoms with Crippen LogP contribution < -0.4 is 0 Å². The summed E-state index contributed by atoms with van der Waals surface area (Å²) in [6.45, 7) is 5.29. The summed E-state index contributed by atoms with van der Waals surface area (Å²) >= 11 is 4.83. The second kappa shape index (κ2) is 6.50. The Morgan fingerprint density at radius 2 is 2.09 bits per heavy atom. The highest BCUT2D eigenvalue weighted by atomic mass is 79.9. The molecule has 0 bridgehead atoms. The number of amides is 1. The second-order valence-corrected chi connectivity index (χ2v) is 8.01. The smallest absolute Gasteiger partial charge is 0.412 e. The largest absolute Gasteiger partial charge is 0.480 e. The zero-order valence-electron chi connectivity index (χ0n) is 12.6. The number of carboxylic acids is 1. The van der Waals surface area contributed by atoms with E-state index in [1.807, 2.05) is 24.3 Å². The Bertz CT molecular complexity index is 587. The third-order valence-electron chi connectivity index (χ3n) is 3.02. The number of hydrogen-bond donors (Lipinski definition) is 1. The van der Waals surface area contributed by atoms with E-state index in [0.29, 0.717) is 5.75 Å². The van der Waals surface area contributed by atoms with Crippen molar-refractivity contribution >= 4 is 39.8 Å². The summed E-state index contributed by atoms with van der Waals surface area (Å²) in [5, 5.41) is 9.01. The van der Waals surface area contributed by atoms with Gasteiger partial charge in [0.15, 0.2) is 0 Å². The van der Waals surface area contributed by atoms with Crippen LogP contribution >= 0.6 is 27.7 Å². The molecule has 1 amide bonds. The first kappa shape index (κ1) is 17.1. The van der Waals surface area contributed by atoms with Crippen LogP contribution in [0.3, 0.4) is 0 Å². The molecule has 2 unspecified atom stereocenters. The Kier molecular flexibility index (Phi) is 5.07. The van der Waals surface area contributed by atoms with E-state index < -0.39 is 23.7 Å². The maximum absolute atomic E-state index is 12.5. The van der Waals surface area contributed by atoms with Gasteiger partial charge in [-0.05, 0) is 38.5 Å². The van der Waals surface area contributed by atoms with Crippen LogP contribution in [0.4, 0.5) is 4.79 Å². The molecule has 1 saturated heterocycles. The third kappa shape index (κ3) is 3.95. The predicted octanol–water partition coefficient (Wildman–Crippen LogP) is 3.88. The second-order valence-electron chi connectivity index (χ2n) is 5.98. The van der Waals surface area contributed by atoms with Crippen molar-refractivity contribution in [2.24, 2.45) is 0 Å². The number of carboxylic acid groups (broad SMARTS) is 1. The lowest BCUT2D eigenvalue weighted by Crippen LogP contribution is -2.45. The minimum Gasteiger partial charge on any atom is -0.480 e. The molecule has 1 aromatic carbocycles. The van der Waals surface area contributed by atoms with Crippen LogP contribution in [-0.2, 0) is 9.53 Å². The molecule has 1 aromatic rings. The van der Waals surface area contributed by atoms with Crippen molar-refractivity contribution in [3.63, 3.8) is 0 Å². The number of hydrogen-bond acceptors (Lipinski definition) is 4. The maximum Gasteiger partial charge on any atom is 0.412 e. The van der Waals surface area contributed by atoms with Crippen LogP contribution in [0.1, 0.15) is 31.7 Å². The first-order chi connectivity index (χ1) is 10.2. The fraction of sp³-hybridized carbons (Fsp3) is 0.467. The molecule has 0 spiro atoms. The van der Waals surface area contributed by atoms with E-state index in [1.54, 1.807) is 20.8 Å². The van der Waals surface area contributed by atoms with Gasteiger partial charge in [-0.25, -0.2) is 9.59 Å². The topological polar surface area (TPSA) is 66.8 Å². The van der Waals surface area contributed by atoms with Gasteiger partial charge < -0.3 is 9.84 Å². The molecular weight excluding hydrogens is 370 g/mol. The molecule has 5 nitrogen and oxygen atoms in total. The van der Waals surface area contributed by atoms with E-state index >= 15 is 0 Å². The van der Waals surface area contributed by atoms with Gasteiger partial charge in [-0.1, -0.05) is 28.1 Å². The summed E-state index contributed by atoms with van der Waals surface area (Å²) in [4.78, 5) is 25.2. The number of ether oxygens (including phenoxy) is 1. The standard InChI is InChI=1S/C15H18BrNO4S/c1-15(2,3)21-14(20)17-11(13(18)19)8-22-12(17)9-5-4-6-10(16)7-9/h4-7,11-12H,8H2,1-3H3,(H,18,19). The summed E-state index contributed by atoms with van der Waals surface area (Å²) in [5.41, 5.74) is 0.198. The van der Waals surface area contributed by atoms with Crippen LogP contribution in [0.5, 0.6) is 0 Å². The summed E-state index contributed by atoms with van der Waals surface area (Å²) in [6, 6.07) is 6.63. The molecule has 1 aliphatic heterocycles. The number of carbonyl (C=O) groups is 2. The number of rotatable bonds is 2. The average molecular weight is 388 g/mol. The predicted molar refractivity (Wildman–Crippen MR) is 88.8 cm³/mol. The molecule has 1 fully saturated rings. The van der Waals surface area contributed by atoms with Crippen molar-refractivity contribution in [1.82, 2.24) is 4.90 Å². The number of halogens is 1. The normalized spacial score (nSPS) is 21.7. The Balaban J connectivity index is 2.32. The van der Waals surface area contributed by atoms with Gasteiger partial charge in [0, 0.05) is 10.2 Å². The molecule has 120 valence electrons. The minimum absolute atomic E-state index is 0.339. The first-order valence-electron chi connectivity index (χ1n) is 6.80. The van der Waals surface area contributed by atoms with Crippen molar-refractivity contribution in [1.29, 1.82) is 0 Å². The highest BCUT2D eigenvalue weighted by Crippen LogP contribution is 2.42. The van der Waals surface area contributed by atoms with Gasteiger partial charge in [-0.2, -0.15) is 0 Å². The van der Waals surface area contributed by atoms with Crippen molar-refractivity contribution < 1.29 is 19.4 Å². The van der Waals surface area contributed by atoms with E-state index in [2.05, 4.69) is 15.9 Å². The minimum atomic E-state index is -1.02. The highest BCUT2D eigenvalue weighted by Gasteiger charge is 2.44. The molecule has 0 aromatic heterocycles. The van der Waals surface area contributed by atoms with Crippen LogP contribution in [0.15, 0.2) is 28.7 Å². The molecule has 0 saturated carbocycles. The Labute approximate surface area is 142 Å². The van der Waals surface area contributed by atoms with Crippen LogP contribution in [0, 0.1) is 0 Å². The van der Waals surface area contributed by atoms with Gasteiger partial charge in [0.05, 0.1) is 0 Å². The SMILES string of the molecule is CC(C)(C)OC(=O)N1C(C(=O)O)CSC1c1cccc(Br)c1. The Hall–Kier alpha value is -1.21. The Morgan fingerprint density at radius 1 is 1.41 bits per heavy atom. The quantitative estimate of drug-likeness (QED) is 0.833. The lowest BCUT2D eigenvalue weighted by Gasteiger charge is -2.30. The van der Waals surface area contributed by atoms with Gasteiger partial charge in [-0.3, -0.25) is 4.90 Å². The lowest BCUT2D eigenvalue weighted by molar-refractivity contribution is -0.142. The van der Waals surface area contributed by atoms with Crippen LogP contribution in [0.2, 0.25) is 0 Å². The van der Waals surface area contributed by atoms with Crippen molar-refractivity contribution in [3.8, 4) is 0 Å². The van der Waals surface area contributed by atoms with Crippen molar-refractivity contribution in [2.75, 3.05) is 5.75 Å². The summed E-state index contributed by atoms with van der Waals surface area (Å²) < 4.78 is 6.27. The van der Waals surface area contributed by atoms with E-state index in [9.17, 15) is 14.7 Å². The molecule has 2 atom stereocenters. The molecule has 1 N–H and O–H groups in total. The number of nitrogens with zero attached hydrogens (tertiary/aromatic N) is 1. The number of thioether (sulfide) groups is 1. The fourth-order valence-electron chi connectivity index (χ4n) is 2.15. The maximum atomic E-state index is 12.5. The zero-order valence-corrected chi connectivity index (χ0v) is 15.0. The fourth-order valence-corrected chi connectivity index (χ4v) is 3.97. The third-order valence-corrected chi connectivity index (χ3v) is 4.84. The molecule has 2 rings (SSSR count). The number of benzene rings is 1. The molecule has 1 aliphatic rings. The molecular formula is C15H18BrNO4S. The van der Waals surface area contributed by atoms with Gasteiger partial charge in [0.25, 0.3) is 0 Å². The molecule has 7 heteroatoms. The monoisotopic (exact) mass is 387 g/mol. The number of carbonyl (C=O) groups excluding carboxylic acids is 1. The van der Waals surface area contributed by atoms with Gasteiger partial charge in [0.2, 0.25) is 0 Å². The van der Waals surface area contributed by atoms with E-state index in [-0.39, 0.29) is 5.37 Å². The summed E-state index contributed by atoms with van der Waals surface area (Å²) in [7, 11) is 0. The van der Waals surface area contributed by atoms with Gasteiger partial charge in [0.1, 0.15) is 17.0 Å². The van der Waals surface area contributed by atoms with E-state index in [1.165, 1.54) is 16.7 Å². The van der Waals surface area contributed by atoms with Crippen LogP contribution in [-0.4, -0.2) is 39.5 Å². The van der Waals surface area contributed by atoms with E-state index in [4.69, 9.17) is 4.74 Å². The molecule has 1 heterocycles. The lowest BCUT2D eigenvalue weighted by atomic mass is 10.2. The van der Waals surface area contributed by atoms with Gasteiger partial charge in [-0.15, -0.1) is 11.8 Å². The molecule has 22 heavy (non-hydrogen) atoms. The summed E-state index contributed by atoms with van der Waals surface area (Å²) in [6.07, 6.45) is -0.602.